The van der Waals surface area contributed by atoms with Crippen molar-refractivity contribution in [2.45, 2.75) is 26.3 Å². The average molecular weight is 268 g/mol. The fourth-order valence-corrected chi connectivity index (χ4v) is 2.57. The summed E-state index contributed by atoms with van der Waals surface area (Å²) < 4.78 is 3.61. The summed E-state index contributed by atoms with van der Waals surface area (Å²) >= 11 is 6.11. The molecule has 2 aromatic heterocycles. The van der Waals surface area contributed by atoms with Gasteiger partial charge in [-0.25, -0.2) is 0 Å². The van der Waals surface area contributed by atoms with Gasteiger partial charge >= 0.3 is 0 Å². The van der Waals surface area contributed by atoms with E-state index in [0.29, 0.717) is 11.4 Å². The molecule has 0 spiro atoms. The molecule has 6 heteroatoms. The molecule has 0 saturated heterocycles. The summed E-state index contributed by atoms with van der Waals surface area (Å²) in [7, 11) is 3.79. The van der Waals surface area contributed by atoms with Gasteiger partial charge in [0.15, 0.2) is 0 Å². The summed E-state index contributed by atoms with van der Waals surface area (Å²) in [6.45, 7) is 4.05. The van der Waals surface area contributed by atoms with Crippen molar-refractivity contribution in [3.05, 3.63) is 33.9 Å². The molecule has 2 heterocycles. The number of nitrogens with zero attached hydrogens (tertiary/aromatic N) is 4. The Balaban J connectivity index is 2.29. The van der Waals surface area contributed by atoms with E-state index in [9.17, 15) is 0 Å². The third kappa shape index (κ3) is 2.15. The third-order valence-corrected chi connectivity index (χ3v) is 3.66. The lowest BCUT2D eigenvalue weighted by Crippen LogP contribution is -2.18. The van der Waals surface area contributed by atoms with E-state index >= 15 is 0 Å². The molecule has 5 nitrogen and oxygen atoms in total. The zero-order chi connectivity index (χ0) is 13.4. The van der Waals surface area contributed by atoms with E-state index in [2.05, 4.69) is 10.2 Å². The van der Waals surface area contributed by atoms with Gasteiger partial charge in [-0.2, -0.15) is 10.2 Å². The van der Waals surface area contributed by atoms with Gasteiger partial charge in [0, 0.05) is 19.8 Å². The first kappa shape index (κ1) is 13.1. The Morgan fingerprint density at radius 2 is 2.00 bits per heavy atom. The lowest BCUT2D eigenvalue weighted by Gasteiger charge is -2.13. The van der Waals surface area contributed by atoms with E-state index in [-0.39, 0.29) is 6.04 Å². The van der Waals surface area contributed by atoms with Crippen LogP contribution >= 0.6 is 11.6 Å². The first-order valence-electron chi connectivity index (χ1n) is 5.83. The van der Waals surface area contributed by atoms with Crippen LogP contribution < -0.4 is 5.73 Å². The van der Waals surface area contributed by atoms with Gasteiger partial charge < -0.3 is 5.73 Å². The quantitative estimate of drug-likeness (QED) is 0.920. The summed E-state index contributed by atoms with van der Waals surface area (Å²) in [6.07, 6.45) is 2.34. The number of hydrogen-bond donors (Lipinski definition) is 1. The largest absolute Gasteiger partial charge is 0.322 e. The molecule has 0 fully saturated rings. The second-order valence-electron chi connectivity index (χ2n) is 4.58. The molecular formula is C12H18ClN5. The lowest BCUT2D eigenvalue weighted by atomic mass is 10.0. The van der Waals surface area contributed by atoms with Crippen molar-refractivity contribution >= 4 is 11.6 Å². The van der Waals surface area contributed by atoms with Gasteiger partial charge in [0.05, 0.1) is 28.6 Å². The Morgan fingerprint density at radius 3 is 2.44 bits per heavy atom. The van der Waals surface area contributed by atoms with Crippen LogP contribution in [0.25, 0.3) is 0 Å². The van der Waals surface area contributed by atoms with E-state index in [1.165, 1.54) is 5.56 Å². The summed E-state index contributed by atoms with van der Waals surface area (Å²) in [5.41, 5.74) is 10.4. The smallest absolute Gasteiger partial charge is 0.0834 e. The van der Waals surface area contributed by atoms with Crippen molar-refractivity contribution in [1.82, 2.24) is 19.6 Å². The molecule has 2 rings (SSSR count). The summed E-state index contributed by atoms with van der Waals surface area (Å²) in [6, 6.07) is -0.174. The summed E-state index contributed by atoms with van der Waals surface area (Å²) in [4.78, 5) is 0. The lowest BCUT2D eigenvalue weighted by molar-refractivity contribution is 0.614. The van der Waals surface area contributed by atoms with Crippen LogP contribution in [0.1, 0.15) is 28.7 Å². The normalized spacial score (nSPS) is 13.0. The minimum absolute atomic E-state index is 0.174. The Morgan fingerprint density at radius 1 is 1.33 bits per heavy atom. The second-order valence-corrected chi connectivity index (χ2v) is 4.99. The highest BCUT2D eigenvalue weighted by atomic mass is 35.5. The molecule has 0 aliphatic heterocycles. The Labute approximate surface area is 112 Å². The molecule has 18 heavy (non-hydrogen) atoms. The molecule has 0 radical (unpaired) electrons. The molecule has 0 aromatic carbocycles. The van der Waals surface area contributed by atoms with Crippen molar-refractivity contribution in [3.63, 3.8) is 0 Å². The van der Waals surface area contributed by atoms with E-state index in [1.54, 1.807) is 10.9 Å². The molecular weight excluding hydrogens is 250 g/mol. The first-order chi connectivity index (χ1) is 8.41. The van der Waals surface area contributed by atoms with Gasteiger partial charge in [-0.05, 0) is 25.8 Å². The molecule has 2 N–H and O–H groups in total. The van der Waals surface area contributed by atoms with Gasteiger partial charge in [0.1, 0.15) is 0 Å². The summed E-state index contributed by atoms with van der Waals surface area (Å²) in [5, 5.41) is 9.12. The predicted molar refractivity (Wildman–Crippen MR) is 71.5 cm³/mol. The average Bonchev–Trinajstić information content (AvgIpc) is 2.74. The maximum absolute atomic E-state index is 6.24. The molecule has 1 atom stereocenters. The van der Waals surface area contributed by atoms with E-state index in [0.717, 1.165) is 17.1 Å². The van der Waals surface area contributed by atoms with Gasteiger partial charge in [0.2, 0.25) is 0 Å². The van der Waals surface area contributed by atoms with Crippen LogP contribution in [-0.2, 0) is 20.5 Å². The van der Waals surface area contributed by atoms with Gasteiger partial charge in [0.25, 0.3) is 0 Å². The highest BCUT2D eigenvalue weighted by Crippen LogP contribution is 2.25. The zero-order valence-corrected chi connectivity index (χ0v) is 11.9. The van der Waals surface area contributed by atoms with Crippen LogP contribution in [0, 0.1) is 13.8 Å². The molecule has 0 bridgehead atoms. The Kier molecular flexibility index (Phi) is 3.45. The van der Waals surface area contributed by atoms with Gasteiger partial charge in [-0.15, -0.1) is 0 Å². The maximum Gasteiger partial charge on any atom is 0.0834 e. The Hall–Kier alpha value is -1.33. The number of aromatic nitrogens is 4. The highest BCUT2D eigenvalue weighted by molar-refractivity contribution is 6.31. The summed E-state index contributed by atoms with van der Waals surface area (Å²) in [5.74, 6) is 0. The molecule has 0 saturated carbocycles. The highest BCUT2D eigenvalue weighted by Gasteiger charge is 2.19. The van der Waals surface area contributed by atoms with Crippen molar-refractivity contribution in [3.8, 4) is 0 Å². The zero-order valence-electron chi connectivity index (χ0n) is 11.1. The molecule has 0 aliphatic carbocycles. The van der Waals surface area contributed by atoms with Crippen molar-refractivity contribution in [2.75, 3.05) is 0 Å². The molecule has 0 amide bonds. The van der Waals surface area contributed by atoms with Crippen LogP contribution in [0.5, 0.6) is 0 Å². The topological polar surface area (TPSA) is 61.7 Å². The number of halogens is 1. The van der Waals surface area contributed by atoms with E-state index < -0.39 is 0 Å². The molecule has 98 valence electrons. The van der Waals surface area contributed by atoms with E-state index in [4.69, 9.17) is 17.3 Å². The SMILES string of the molecule is Cc1nn(C)c(C)c1CC(N)c1c(Cl)cnn1C. The molecule has 1 unspecified atom stereocenters. The Bertz CT molecular complexity index is 550. The fraction of sp³-hybridized carbons (Fsp3) is 0.500. The monoisotopic (exact) mass is 267 g/mol. The van der Waals surface area contributed by atoms with Crippen molar-refractivity contribution < 1.29 is 0 Å². The number of hydrogen-bond acceptors (Lipinski definition) is 3. The molecule has 0 aliphatic rings. The number of rotatable bonds is 3. The maximum atomic E-state index is 6.24. The van der Waals surface area contributed by atoms with Gasteiger partial charge in [-0.3, -0.25) is 9.36 Å². The predicted octanol–water partition coefficient (Wildman–Crippen LogP) is 1.67. The van der Waals surface area contributed by atoms with Crippen molar-refractivity contribution in [1.29, 1.82) is 0 Å². The van der Waals surface area contributed by atoms with Crippen LogP contribution in [0.4, 0.5) is 0 Å². The standard InChI is InChI=1S/C12H18ClN5/c1-7-9(8(2)17(3)16-7)5-11(14)12-10(13)6-15-18(12)4/h6,11H,5,14H2,1-4H3. The minimum atomic E-state index is -0.174. The first-order valence-corrected chi connectivity index (χ1v) is 6.21. The minimum Gasteiger partial charge on any atom is -0.322 e. The second kappa shape index (κ2) is 4.74. The number of nitrogens with two attached hydrogens (primary N) is 1. The molecule has 2 aromatic rings. The van der Waals surface area contributed by atoms with Crippen LogP contribution in [0.15, 0.2) is 6.20 Å². The van der Waals surface area contributed by atoms with Crippen LogP contribution in [-0.4, -0.2) is 19.6 Å². The third-order valence-electron chi connectivity index (χ3n) is 3.37. The van der Waals surface area contributed by atoms with Crippen LogP contribution in [0.3, 0.4) is 0 Å². The number of aryl methyl sites for hydroxylation is 3. The fourth-order valence-electron chi connectivity index (χ4n) is 2.27. The van der Waals surface area contributed by atoms with Crippen LogP contribution in [0.2, 0.25) is 5.02 Å². The van der Waals surface area contributed by atoms with E-state index in [1.807, 2.05) is 32.6 Å². The van der Waals surface area contributed by atoms with Gasteiger partial charge in [-0.1, -0.05) is 11.6 Å². The van der Waals surface area contributed by atoms with Crippen molar-refractivity contribution in [2.24, 2.45) is 19.8 Å².